The van der Waals surface area contributed by atoms with E-state index in [1.54, 1.807) is 28.8 Å². The summed E-state index contributed by atoms with van der Waals surface area (Å²) >= 11 is -1.06. The molecule has 0 saturated carbocycles. The molecule has 0 fully saturated rings. The van der Waals surface area contributed by atoms with Crippen molar-refractivity contribution in [2.75, 3.05) is 0 Å². The maximum atomic E-state index is 2.55. The van der Waals surface area contributed by atoms with Gasteiger partial charge < -0.3 is 24.8 Å². The molecule has 3 heteroatoms. The molecule has 192 valence electrons. The molecule has 4 aromatic carbocycles. The first-order valence-corrected chi connectivity index (χ1v) is 16.4. The molecule has 8 rings (SSSR count). The largest absolute Gasteiger partial charge is 1.00 e. The van der Waals surface area contributed by atoms with E-state index in [0.29, 0.717) is 11.8 Å². The first-order valence-electron chi connectivity index (χ1n) is 14.0. The third-order valence-electron chi connectivity index (χ3n) is 9.08. The van der Waals surface area contributed by atoms with Crippen molar-refractivity contribution in [3.05, 3.63) is 130 Å². The Kier molecular flexibility index (Phi) is 7.62. The average molecular weight is 625 g/mol. The Bertz CT molecular complexity index is 1510. The molecule has 0 radical (unpaired) electrons. The van der Waals surface area contributed by atoms with Crippen LogP contribution in [0.3, 0.4) is 0 Å². The van der Waals surface area contributed by atoms with E-state index in [1.807, 2.05) is 0 Å². The molecule has 0 aromatic heterocycles. The van der Waals surface area contributed by atoms with Crippen molar-refractivity contribution < 1.29 is 48.0 Å². The van der Waals surface area contributed by atoms with Crippen LogP contribution in [0.2, 0.25) is 0 Å². The number of hydrogen-bond donors (Lipinski definition) is 0. The van der Waals surface area contributed by atoms with Gasteiger partial charge in [-0.05, 0) is 0 Å². The maximum absolute atomic E-state index is 2.55. The van der Waals surface area contributed by atoms with Gasteiger partial charge >= 0.3 is 233 Å². The molecule has 0 bridgehead atoms. The van der Waals surface area contributed by atoms with E-state index >= 15 is 0 Å². The Morgan fingerprint density at radius 2 is 0.923 bits per heavy atom. The molecule has 0 amide bonds. The second-order valence-corrected chi connectivity index (χ2v) is 14.3. The van der Waals surface area contributed by atoms with Crippen molar-refractivity contribution >= 4 is 6.54 Å². The van der Waals surface area contributed by atoms with Gasteiger partial charge in [0.05, 0.1) is 0 Å². The van der Waals surface area contributed by atoms with E-state index in [0.717, 1.165) is 0 Å². The Morgan fingerprint density at radius 1 is 0.487 bits per heavy atom. The Labute approximate surface area is 256 Å². The summed E-state index contributed by atoms with van der Waals surface area (Å²) in [4.78, 5) is 0. The normalized spacial score (nSPS) is 19.5. The van der Waals surface area contributed by atoms with Crippen molar-refractivity contribution in [1.82, 2.24) is 0 Å². The summed E-state index contributed by atoms with van der Waals surface area (Å²) in [5.74, 6) is 0.932. The van der Waals surface area contributed by atoms with Gasteiger partial charge in [-0.25, -0.2) is 0 Å². The van der Waals surface area contributed by atoms with Crippen molar-refractivity contribution in [2.45, 2.75) is 50.4 Å². The average Bonchev–Trinajstić information content (AvgIpc) is 3.74. The van der Waals surface area contributed by atoms with Crippen LogP contribution < -0.4 is 31.4 Å². The summed E-state index contributed by atoms with van der Waals surface area (Å²) in [6.07, 6.45) is 12.7. The predicted octanol–water partition coefficient (Wildman–Crippen LogP) is 2.17. The fraction of sp³-hybridized carbons (Fsp3) is 0.222. The summed E-state index contributed by atoms with van der Waals surface area (Å²) < 4.78 is 3.36. The van der Waals surface area contributed by atoms with Crippen LogP contribution >= 0.6 is 0 Å². The first kappa shape index (κ1) is 27.0. The SMILES string of the molecule is C1=C(C2c3ccccc3-c3ccc[c]([Zr+2][c]4cccc5c4C(C4=CCCC4)c4ccccc4-5)c32)CCC1.[Cl-].[Cl-]. The zero-order valence-electron chi connectivity index (χ0n) is 21.9. The molecule has 4 aliphatic rings. The fourth-order valence-electron chi connectivity index (χ4n) is 7.57. The summed E-state index contributed by atoms with van der Waals surface area (Å²) in [5, 5.41) is 0. The molecule has 0 N–H and O–H groups in total. The molecule has 0 heterocycles. The molecule has 4 aromatic rings. The Hall–Kier alpha value is -2.18. The third kappa shape index (κ3) is 4.28. The number of hydrogen-bond acceptors (Lipinski definition) is 0. The van der Waals surface area contributed by atoms with E-state index in [1.165, 1.54) is 71.9 Å². The van der Waals surface area contributed by atoms with Crippen molar-refractivity contribution in [2.24, 2.45) is 0 Å². The summed E-state index contributed by atoms with van der Waals surface area (Å²) in [5.41, 5.74) is 15.6. The predicted molar refractivity (Wildman–Crippen MR) is 151 cm³/mol. The van der Waals surface area contributed by atoms with Crippen molar-refractivity contribution in [3.63, 3.8) is 0 Å². The van der Waals surface area contributed by atoms with Gasteiger partial charge in [0.25, 0.3) is 0 Å². The van der Waals surface area contributed by atoms with Crippen LogP contribution in [0.5, 0.6) is 0 Å². The topological polar surface area (TPSA) is 0 Å². The molecule has 0 spiro atoms. The minimum atomic E-state index is -1.06. The Balaban J connectivity index is 0.00000138. The van der Waals surface area contributed by atoms with Crippen LogP contribution in [0, 0.1) is 0 Å². The van der Waals surface area contributed by atoms with Crippen LogP contribution in [0.25, 0.3) is 22.3 Å². The van der Waals surface area contributed by atoms with Crippen LogP contribution in [0.4, 0.5) is 0 Å². The number of rotatable bonds is 4. The second kappa shape index (κ2) is 11.0. The molecule has 0 saturated heterocycles. The van der Waals surface area contributed by atoms with Crippen LogP contribution in [-0.4, -0.2) is 0 Å². The second-order valence-electron chi connectivity index (χ2n) is 11.0. The summed E-state index contributed by atoms with van der Waals surface area (Å²) in [6, 6.07) is 32.9. The van der Waals surface area contributed by atoms with Gasteiger partial charge in [-0.15, -0.1) is 0 Å². The molecule has 4 aliphatic carbocycles. The van der Waals surface area contributed by atoms with Crippen LogP contribution in [-0.2, 0) is 23.2 Å². The van der Waals surface area contributed by atoms with Gasteiger partial charge in [0.1, 0.15) is 0 Å². The molecular weight excluding hydrogens is 595 g/mol. The van der Waals surface area contributed by atoms with Crippen LogP contribution in [0.15, 0.2) is 108 Å². The van der Waals surface area contributed by atoms with Crippen LogP contribution in [0.1, 0.15) is 72.6 Å². The third-order valence-corrected chi connectivity index (χ3v) is 12.5. The smallest absolute Gasteiger partial charge is 1.00 e. The number of fused-ring (bicyclic) bond motifs is 6. The fourth-order valence-corrected chi connectivity index (χ4v) is 11.2. The van der Waals surface area contributed by atoms with E-state index in [4.69, 9.17) is 0 Å². The molecule has 39 heavy (non-hydrogen) atoms. The van der Waals surface area contributed by atoms with Gasteiger partial charge in [0, 0.05) is 0 Å². The molecule has 0 aliphatic heterocycles. The molecule has 0 nitrogen and oxygen atoms in total. The number of halogens is 2. The molecular formula is C36H30Cl2Zr. The van der Waals surface area contributed by atoms with E-state index < -0.39 is 23.2 Å². The summed E-state index contributed by atoms with van der Waals surface area (Å²) in [6.45, 7) is 0. The Morgan fingerprint density at radius 3 is 1.36 bits per heavy atom. The van der Waals surface area contributed by atoms with E-state index in [9.17, 15) is 0 Å². The quantitative estimate of drug-likeness (QED) is 0.306. The van der Waals surface area contributed by atoms with E-state index in [2.05, 4.69) is 97.1 Å². The van der Waals surface area contributed by atoms with Crippen molar-refractivity contribution in [3.8, 4) is 22.3 Å². The monoisotopic (exact) mass is 622 g/mol. The van der Waals surface area contributed by atoms with Crippen molar-refractivity contribution in [1.29, 1.82) is 0 Å². The first-order chi connectivity index (χ1) is 18.4. The minimum absolute atomic E-state index is 0. The van der Waals surface area contributed by atoms with Gasteiger partial charge in [0.2, 0.25) is 0 Å². The maximum Gasteiger partial charge on any atom is -1.00 e. The minimum Gasteiger partial charge on any atom is -1.00 e. The zero-order valence-corrected chi connectivity index (χ0v) is 25.9. The van der Waals surface area contributed by atoms with Gasteiger partial charge in [-0.1, -0.05) is 0 Å². The van der Waals surface area contributed by atoms with Gasteiger partial charge in [-0.2, -0.15) is 0 Å². The number of benzene rings is 4. The van der Waals surface area contributed by atoms with Gasteiger partial charge in [0.15, 0.2) is 0 Å². The summed E-state index contributed by atoms with van der Waals surface area (Å²) in [7, 11) is 0. The number of allylic oxidation sites excluding steroid dienone is 4. The standard InChI is InChI=1S/2C18H15.2ClH.Zr/c2*1-2-8-13(7-1)18-16-11-5-3-9-14(16)15-10-4-6-12-17(15)18;;;/h2*3-7,9-11,18H,1-2,8H2;2*1H;/q;;;;+2/p-2. The van der Waals surface area contributed by atoms with E-state index in [-0.39, 0.29) is 24.8 Å². The molecule has 2 unspecified atom stereocenters. The zero-order chi connectivity index (χ0) is 24.3. The molecule has 2 atom stereocenters. The van der Waals surface area contributed by atoms with Gasteiger partial charge in [-0.3, -0.25) is 0 Å².